The van der Waals surface area contributed by atoms with E-state index < -0.39 is 17.7 Å². The zero-order chi connectivity index (χ0) is 34.0. The van der Waals surface area contributed by atoms with Gasteiger partial charge in [-0.2, -0.15) is 0 Å². The minimum absolute atomic E-state index is 0.0587. The zero-order valence-electron chi connectivity index (χ0n) is 26.6. The van der Waals surface area contributed by atoms with Crippen molar-refractivity contribution in [3.8, 4) is 0 Å². The first-order valence-corrected chi connectivity index (χ1v) is 15.4. The molecule has 9 nitrogen and oxygen atoms in total. The van der Waals surface area contributed by atoms with Crippen LogP contribution < -0.4 is 0 Å². The number of ether oxygens (including phenoxy) is 2. The number of aromatic carboxylic acids is 2. The summed E-state index contributed by atoms with van der Waals surface area (Å²) in [6.45, 7) is 4.47. The van der Waals surface area contributed by atoms with Crippen molar-refractivity contribution in [2.75, 3.05) is 13.2 Å². The summed E-state index contributed by atoms with van der Waals surface area (Å²) in [6.07, 6.45) is 2.96. The molecular weight excluding hydrogens is 600 g/mol. The van der Waals surface area contributed by atoms with Crippen LogP contribution >= 0.6 is 0 Å². The van der Waals surface area contributed by atoms with Crippen molar-refractivity contribution in [3.63, 3.8) is 0 Å². The van der Waals surface area contributed by atoms with Crippen molar-refractivity contribution in [1.82, 2.24) is 0 Å². The Kier molecular flexibility index (Phi) is 12.2. The lowest BCUT2D eigenvalue weighted by Gasteiger charge is -2.23. The van der Waals surface area contributed by atoms with E-state index in [9.17, 15) is 29.7 Å². The van der Waals surface area contributed by atoms with Gasteiger partial charge in [0.1, 0.15) is 0 Å². The van der Waals surface area contributed by atoms with E-state index in [-0.39, 0.29) is 30.1 Å². The van der Waals surface area contributed by atoms with Crippen molar-refractivity contribution in [2.24, 2.45) is 0 Å². The van der Waals surface area contributed by atoms with E-state index in [0.29, 0.717) is 26.1 Å². The minimum atomic E-state index is -1.24. The van der Waals surface area contributed by atoms with Gasteiger partial charge >= 0.3 is 11.9 Å². The highest BCUT2D eigenvalue weighted by molar-refractivity contribution is 6.01. The molecule has 0 amide bonds. The Labute approximate surface area is 274 Å². The predicted octanol–water partition coefficient (Wildman–Crippen LogP) is 5.75. The van der Waals surface area contributed by atoms with Gasteiger partial charge in [-0.1, -0.05) is 66.7 Å². The lowest BCUT2D eigenvalue weighted by molar-refractivity contribution is -0.149. The maximum atomic E-state index is 11.4. The number of aliphatic hydroxyl groups is 2. The molecule has 0 atom stereocenters. The summed E-state index contributed by atoms with van der Waals surface area (Å²) in [6, 6.07) is 25.8. The van der Waals surface area contributed by atoms with Gasteiger partial charge in [-0.25, -0.2) is 9.59 Å². The summed E-state index contributed by atoms with van der Waals surface area (Å²) in [7, 11) is 0. The molecule has 5 rings (SSSR count). The lowest BCUT2D eigenvalue weighted by atomic mass is 9.97. The van der Waals surface area contributed by atoms with E-state index in [1.165, 1.54) is 12.1 Å². The van der Waals surface area contributed by atoms with Gasteiger partial charge in [0.25, 0.3) is 0 Å². The molecule has 1 aliphatic rings. The molecule has 0 aromatic heterocycles. The summed E-state index contributed by atoms with van der Waals surface area (Å²) >= 11 is 0. The van der Waals surface area contributed by atoms with Crippen LogP contribution in [0.5, 0.6) is 0 Å². The maximum absolute atomic E-state index is 11.4. The monoisotopic (exact) mass is 640 g/mol. The molecule has 47 heavy (non-hydrogen) atoms. The van der Waals surface area contributed by atoms with Gasteiger partial charge in [0.05, 0.1) is 37.6 Å². The molecular formula is C38H40O9. The summed E-state index contributed by atoms with van der Waals surface area (Å²) in [5.41, 5.74) is 6.91. The first-order valence-electron chi connectivity index (χ1n) is 15.4. The standard InChI is InChI=1S/C20H20O6.C18H20O3/c1-20(25-9-10-26-20)15-4-2-3-13(11-15)5-6-14-7-8-16(18(21)22)17(12-14)19(23)24;1-13(21)16-4-2-3-14(9-16)5-6-15-7-8-17(11-19)18(10-15)12-20/h2-4,7-8,11-12H,5-6,9-10H2,1H3,(H,21,22)(H,23,24);2-4,7-10,19-20H,5-6,11-12H2,1H3. The predicted molar refractivity (Wildman–Crippen MR) is 176 cm³/mol. The molecule has 4 aromatic rings. The van der Waals surface area contributed by atoms with Crippen molar-refractivity contribution in [1.29, 1.82) is 0 Å². The third-order valence-electron chi connectivity index (χ3n) is 8.18. The number of rotatable bonds is 12. The zero-order valence-corrected chi connectivity index (χ0v) is 26.6. The molecule has 1 saturated heterocycles. The number of carbonyl (C=O) groups is 3. The topological polar surface area (TPSA) is 151 Å². The van der Waals surface area contributed by atoms with Gasteiger partial charge in [-0.15, -0.1) is 0 Å². The van der Waals surface area contributed by atoms with Gasteiger partial charge in [0, 0.05) is 11.1 Å². The molecule has 1 fully saturated rings. The number of hydrogen-bond acceptors (Lipinski definition) is 7. The molecule has 0 unspecified atom stereocenters. The number of ketones is 1. The second kappa shape index (κ2) is 16.2. The van der Waals surface area contributed by atoms with E-state index >= 15 is 0 Å². The van der Waals surface area contributed by atoms with E-state index in [2.05, 4.69) is 0 Å². The number of benzene rings is 4. The first kappa shape index (κ1) is 35.2. The number of aryl methyl sites for hydroxylation is 4. The SMILES string of the molecule is CC(=O)c1cccc(CCc2ccc(CO)c(CO)c2)c1.CC1(c2cccc(CCc3ccc(C(=O)O)c(C(=O)O)c3)c2)OCCO1. The van der Waals surface area contributed by atoms with Gasteiger partial charge in [-0.05, 0) is 91.1 Å². The van der Waals surface area contributed by atoms with E-state index in [0.717, 1.165) is 57.3 Å². The molecule has 0 radical (unpaired) electrons. The fourth-order valence-electron chi connectivity index (χ4n) is 5.46. The van der Waals surface area contributed by atoms with Crippen molar-refractivity contribution >= 4 is 17.7 Å². The number of Topliss-reactive ketones (excluding diaryl/α,β-unsaturated/α-hetero) is 1. The summed E-state index contributed by atoms with van der Waals surface area (Å²) in [5.74, 6) is -3.14. The maximum Gasteiger partial charge on any atom is 0.336 e. The Bertz CT molecular complexity index is 1720. The number of hydrogen-bond donors (Lipinski definition) is 4. The number of carboxylic acids is 2. The molecule has 0 aliphatic carbocycles. The van der Waals surface area contributed by atoms with Crippen LogP contribution in [0.3, 0.4) is 0 Å². The van der Waals surface area contributed by atoms with Crippen LogP contribution in [0.25, 0.3) is 0 Å². The van der Waals surface area contributed by atoms with E-state index in [1.807, 2.05) is 73.7 Å². The quantitative estimate of drug-likeness (QED) is 0.142. The molecule has 0 saturated carbocycles. The average molecular weight is 641 g/mol. The smallest absolute Gasteiger partial charge is 0.336 e. The fraction of sp³-hybridized carbons (Fsp3) is 0.289. The van der Waals surface area contributed by atoms with Crippen molar-refractivity contribution < 1.29 is 44.3 Å². The molecule has 4 N–H and O–H groups in total. The Balaban J connectivity index is 0.000000218. The molecule has 9 heteroatoms. The summed E-state index contributed by atoms with van der Waals surface area (Å²) in [5, 5.41) is 36.8. The second-order valence-corrected chi connectivity index (χ2v) is 11.5. The van der Waals surface area contributed by atoms with Crippen LogP contribution in [0, 0.1) is 0 Å². The van der Waals surface area contributed by atoms with Gasteiger partial charge < -0.3 is 29.9 Å². The average Bonchev–Trinajstić information content (AvgIpc) is 3.54. The van der Waals surface area contributed by atoms with Crippen molar-refractivity contribution in [3.05, 3.63) is 141 Å². The summed E-state index contributed by atoms with van der Waals surface area (Å²) in [4.78, 5) is 33.8. The Morgan fingerprint density at radius 1 is 0.638 bits per heavy atom. The highest BCUT2D eigenvalue weighted by Crippen LogP contribution is 2.31. The Morgan fingerprint density at radius 2 is 1.17 bits per heavy atom. The molecule has 0 bridgehead atoms. The lowest BCUT2D eigenvalue weighted by Crippen LogP contribution is -2.22. The molecule has 0 spiro atoms. The third-order valence-corrected chi connectivity index (χ3v) is 8.18. The summed E-state index contributed by atoms with van der Waals surface area (Å²) < 4.78 is 11.4. The molecule has 4 aromatic carbocycles. The molecule has 1 heterocycles. The highest BCUT2D eigenvalue weighted by atomic mass is 16.7. The first-order chi connectivity index (χ1) is 22.5. The number of aliphatic hydroxyl groups excluding tert-OH is 2. The fourth-order valence-corrected chi connectivity index (χ4v) is 5.46. The largest absolute Gasteiger partial charge is 0.478 e. The molecule has 246 valence electrons. The van der Waals surface area contributed by atoms with Crippen LogP contribution in [0.15, 0.2) is 84.9 Å². The number of carbonyl (C=O) groups excluding carboxylic acids is 1. The third kappa shape index (κ3) is 9.43. The van der Waals surface area contributed by atoms with Crippen LogP contribution in [0.2, 0.25) is 0 Å². The minimum Gasteiger partial charge on any atom is -0.478 e. The van der Waals surface area contributed by atoms with Crippen LogP contribution in [-0.4, -0.2) is 51.4 Å². The Morgan fingerprint density at radius 3 is 1.74 bits per heavy atom. The van der Waals surface area contributed by atoms with Crippen molar-refractivity contribution in [2.45, 2.75) is 58.5 Å². The Hall–Kier alpha value is -4.67. The van der Waals surface area contributed by atoms with E-state index in [4.69, 9.17) is 14.6 Å². The normalized spacial score (nSPS) is 13.4. The highest BCUT2D eigenvalue weighted by Gasteiger charge is 2.33. The van der Waals surface area contributed by atoms with E-state index in [1.54, 1.807) is 13.0 Å². The van der Waals surface area contributed by atoms with Crippen LogP contribution in [0.4, 0.5) is 0 Å². The number of carboxylic acid groups (broad SMARTS) is 2. The van der Waals surface area contributed by atoms with Gasteiger partial charge in [0.2, 0.25) is 0 Å². The van der Waals surface area contributed by atoms with Gasteiger partial charge in [0.15, 0.2) is 11.6 Å². The van der Waals surface area contributed by atoms with Crippen LogP contribution in [-0.2, 0) is 54.2 Å². The van der Waals surface area contributed by atoms with Crippen LogP contribution in [0.1, 0.15) is 83.9 Å². The second-order valence-electron chi connectivity index (χ2n) is 11.5. The molecule has 1 aliphatic heterocycles. The van der Waals surface area contributed by atoms with Gasteiger partial charge in [-0.3, -0.25) is 4.79 Å².